The van der Waals surface area contributed by atoms with E-state index in [2.05, 4.69) is 199 Å². The van der Waals surface area contributed by atoms with Crippen LogP contribution < -0.4 is 4.90 Å². The molecular formula is C49H32N2S. The molecular weight excluding hydrogens is 649 g/mol. The van der Waals surface area contributed by atoms with Gasteiger partial charge >= 0.3 is 0 Å². The van der Waals surface area contributed by atoms with Gasteiger partial charge in [-0.15, -0.1) is 11.3 Å². The molecule has 52 heavy (non-hydrogen) atoms. The molecule has 0 amide bonds. The van der Waals surface area contributed by atoms with E-state index in [1.165, 1.54) is 58.6 Å². The number of fused-ring (bicyclic) bond motifs is 7. The van der Waals surface area contributed by atoms with E-state index in [1.54, 1.807) is 0 Å². The molecule has 0 aliphatic carbocycles. The smallest absolute Gasteiger partial charge is 0.0789 e. The van der Waals surface area contributed by atoms with Crippen LogP contribution in [0.15, 0.2) is 194 Å². The predicted octanol–water partition coefficient (Wildman–Crippen LogP) is 14.2. The molecule has 0 bridgehead atoms. The van der Waals surface area contributed by atoms with Crippen molar-refractivity contribution in [3.8, 4) is 33.5 Å². The summed E-state index contributed by atoms with van der Waals surface area (Å²) in [6.45, 7) is 0. The van der Waals surface area contributed by atoms with Crippen LogP contribution in [-0.2, 0) is 0 Å². The van der Waals surface area contributed by atoms with Crippen molar-refractivity contribution >= 4 is 70.2 Å². The molecule has 0 radical (unpaired) electrons. The molecule has 0 unspecified atom stereocenters. The van der Waals surface area contributed by atoms with Gasteiger partial charge in [-0.1, -0.05) is 146 Å². The Morgan fingerprint density at radius 2 is 0.904 bits per heavy atom. The Balaban J connectivity index is 1.15. The number of pyridine rings is 1. The first kappa shape index (κ1) is 30.3. The van der Waals surface area contributed by atoms with Crippen LogP contribution >= 0.6 is 11.3 Å². The summed E-state index contributed by atoms with van der Waals surface area (Å²) in [5.41, 5.74) is 11.1. The van der Waals surface area contributed by atoms with E-state index in [0.29, 0.717) is 0 Å². The van der Waals surface area contributed by atoms with Crippen LogP contribution in [0.1, 0.15) is 0 Å². The number of anilines is 3. The molecule has 0 spiro atoms. The van der Waals surface area contributed by atoms with Crippen molar-refractivity contribution in [3.05, 3.63) is 194 Å². The zero-order valence-electron chi connectivity index (χ0n) is 28.3. The minimum absolute atomic E-state index is 0.994. The van der Waals surface area contributed by atoms with E-state index in [0.717, 1.165) is 33.8 Å². The largest absolute Gasteiger partial charge is 0.310 e. The molecule has 10 aromatic rings. The fourth-order valence-corrected chi connectivity index (χ4v) is 8.81. The topological polar surface area (TPSA) is 16.1 Å². The normalized spacial score (nSPS) is 11.5. The van der Waals surface area contributed by atoms with Gasteiger partial charge in [0.05, 0.1) is 11.2 Å². The van der Waals surface area contributed by atoms with Crippen molar-refractivity contribution in [2.75, 3.05) is 4.90 Å². The lowest BCUT2D eigenvalue weighted by Crippen LogP contribution is -2.10. The minimum atomic E-state index is 0.994. The van der Waals surface area contributed by atoms with Crippen molar-refractivity contribution in [3.63, 3.8) is 0 Å². The van der Waals surface area contributed by atoms with Crippen LogP contribution in [0.25, 0.3) is 75.4 Å². The fourth-order valence-electron chi connectivity index (χ4n) is 7.54. The predicted molar refractivity (Wildman–Crippen MR) is 223 cm³/mol. The summed E-state index contributed by atoms with van der Waals surface area (Å²) in [5, 5.41) is 6.23. The lowest BCUT2D eigenvalue weighted by molar-refractivity contribution is 1.28. The number of benzene rings is 8. The fraction of sp³-hybridized carbons (Fsp3) is 0. The summed E-state index contributed by atoms with van der Waals surface area (Å²) in [4.78, 5) is 7.70. The van der Waals surface area contributed by atoms with Gasteiger partial charge in [-0.25, -0.2) is 4.98 Å². The molecule has 2 heterocycles. The summed E-state index contributed by atoms with van der Waals surface area (Å²) in [7, 11) is 0. The number of nitrogens with zero attached hydrogens (tertiary/aromatic N) is 2. The first-order valence-corrected chi connectivity index (χ1v) is 18.4. The number of aromatic nitrogens is 1. The highest BCUT2D eigenvalue weighted by Crippen LogP contribution is 2.44. The zero-order chi connectivity index (χ0) is 34.4. The van der Waals surface area contributed by atoms with Gasteiger partial charge in [0.15, 0.2) is 0 Å². The van der Waals surface area contributed by atoms with Crippen LogP contribution in [-0.4, -0.2) is 4.98 Å². The van der Waals surface area contributed by atoms with Crippen molar-refractivity contribution in [2.45, 2.75) is 0 Å². The van der Waals surface area contributed by atoms with Crippen LogP contribution in [0.4, 0.5) is 17.1 Å². The SMILES string of the molecule is c1ccc(-c2ccc(N(c3ccc(-c4ccccc4)cc3)c3cccc(-c4nc5ccccc5c5c4ccc4c6ccccc6sc45)c3)cc2)cc1. The number of para-hydroxylation sites is 1. The quantitative estimate of drug-likeness (QED) is 0.163. The molecule has 0 aliphatic heterocycles. The highest BCUT2D eigenvalue weighted by molar-refractivity contribution is 7.26. The van der Waals surface area contributed by atoms with Gasteiger partial charge in [-0.2, -0.15) is 0 Å². The van der Waals surface area contributed by atoms with Gasteiger partial charge < -0.3 is 4.90 Å². The number of rotatable bonds is 6. The zero-order valence-corrected chi connectivity index (χ0v) is 29.1. The number of hydrogen-bond acceptors (Lipinski definition) is 3. The van der Waals surface area contributed by atoms with Gasteiger partial charge in [-0.05, 0) is 70.8 Å². The Kier molecular flexibility index (Phi) is 7.37. The molecule has 2 nitrogen and oxygen atoms in total. The van der Waals surface area contributed by atoms with E-state index < -0.39 is 0 Å². The van der Waals surface area contributed by atoms with E-state index in [4.69, 9.17) is 4.98 Å². The number of hydrogen-bond donors (Lipinski definition) is 0. The third-order valence-electron chi connectivity index (χ3n) is 10.1. The molecule has 0 fully saturated rings. The molecule has 0 atom stereocenters. The van der Waals surface area contributed by atoms with Crippen molar-refractivity contribution in [1.82, 2.24) is 4.98 Å². The van der Waals surface area contributed by atoms with Crippen molar-refractivity contribution in [1.29, 1.82) is 0 Å². The summed E-state index contributed by atoms with van der Waals surface area (Å²) in [6, 6.07) is 69.6. The highest BCUT2D eigenvalue weighted by Gasteiger charge is 2.18. The van der Waals surface area contributed by atoms with Gasteiger partial charge in [-0.3, -0.25) is 0 Å². The highest BCUT2D eigenvalue weighted by atomic mass is 32.1. The average molecular weight is 681 g/mol. The van der Waals surface area contributed by atoms with Gasteiger partial charge in [0.1, 0.15) is 0 Å². The summed E-state index contributed by atoms with van der Waals surface area (Å²) >= 11 is 1.88. The first-order valence-electron chi connectivity index (χ1n) is 17.6. The third-order valence-corrected chi connectivity index (χ3v) is 11.3. The van der Waals surface area contributed by atoms with E-state index in [-0.39, 0.29) is 0 Å². The minimum Gasteiger partial charge on any atom is -0.310 e. The maximum absolute atomic E-state index is 5.36. The van der Waals surface area contributed by atoms with E-state index in [1.807, 2.05) is 11.3 Å². The van der Waals surface area contributed by atoms with E-state index >= 15 is 0 Å². The summed E-state index contributed by atoms with van der Waals surface area (Å²) in [5.74, 6) is 0. The second-order valence-electron chi connectivity index (χ2n) is 13.2. The summed E-state index contributed by atoms with van der Waals surface area (Å²) < 4.78 is 2.62. The summed E-state index contributed by atoms with van der Waals surface area (Å²) in [6.07, 6.45) is 0. The van der Waals surface area contributed by atoms with Crippen LogP contribution in [0.2, 0.25) is 0 Å². The second kappa shape index (κ2) is 12.6. The first-order chi connectivity index (χ1) is 25.8. The monoisotopic (exact) mass is 680 g/mol. The van der Waals surface area contributed by atoms with Crippen LogP contribution in [0, 0.1) is 0 Å². The molecule has 3 heteroatoms. The van der Waals surface area contributed by atoms with Gasteiger partial charge in [0.2, 0.25) is 0 Å². The maximum atomic E-state index is 5.36. The Hall–Kier alpha value is -6.55. The third kappa shape index (κ3) is 5.22. The Morgan fingerprint density at radius 1 is 0.365 bits per heavy atom. The average Bonchev–Trinajstić information content (AvgIpc) is 3.61. The maximum Gasteiger partial charge on any atom is 0.0789 e. The van der Waals surface area contributed by atoms with Crippen LogP contribution in [0.3, 0.4) is 0 Å². The molecule has 0 N–H and O–H groups in total. The van der Waals surface area contributed by atoms with E-state index in [9.17, 15) is 0 Å². The molecule has 0 saturated carbocycles. The molecule has 244 valence electrons. The molecule has 0 aliphatic rings. The molecule has 0 saturated heterocycles. The van der Waals surface area contributed by atoms with Gasteiger partial charge in [0, 0.05) is 59.0 Å². The Morgan fingerprint density at radius 3 is 1.58 bits per heavy atom. The van der Waals surface area contributed by atoms with Crippen molar-refractivity contribution < 1.29 is 0 Å². The molecule has 10 rings (SSSR count). The second-order valence-corrected chi connectivity index (χ2v) is 14.2. The lowest BCUT2D eigenvalue weighted by Gasteiger charge is -2.26. The lowest BCUT2D eigenvalue weighted by atomic mass is 9.97. The standard InChI is InChI=1S/C49H32N2S/c1-3-12-33(13-4-1)35-22-26-38(27-23-35)51(39-28-24-36(25-29-39)34-14-5-2-6-15-34)40-17-11-16-37(32-40)48-44-31-30-42-41-18-8-10-21-46(41)52-49(42)47(44)43-19-7-9-20-45(43)50-48/h1-32H. The Bertz CT molecular complexity index is 2790. The van der Waals surface area contributed by atoms with Gasteiger partial charge in [0.25, 0.3) is 0 Å². The van der Waals surface area contributed by atoms with Crippen LogP contribution in [0.5, 0.6) is 0 Å². The molecule has 8 aromatic carbocycles. The number of thiophene rings is 1. The Labute approximate surface area is 306 Å². The van der Waals surface area contributed by atoms with Crippen molar-refractivity contribution in [2.24, 2.45) is 0 Å². The molecule has 2 aromatic heterocycles.